The van der Waals surface area contributed by atoms with E-state index in [0.717, 1.165) is 6.08 Å². The van der Waals surface area contributed by atoms with E-state index >= 15 is 0 Å². The van der Waals surface area contributed by atoms with Gasteiger partial charge in [-0.25, -0.2) is 0 Å². The average molecular weight is 182 g/mol. The fourth-order valence-electron chi connectivity index (χ4n) is 0.715. The Morgan fingerprint density at radius 1 is 1.38 bits per heavy atom. The van der Waals surface area contributed by atoms with Crippen molar-refractivity contribution in [3.05, 3.63) is 24.3 Å². The normalized spacial score (nSPS) is 10.6. The molecule has 70 valence electrons. The summed E-state index contributed by atoms with van der Waals surface area (Å²) >= 11 is 0. The van der Waals surface area contributed by atoms with E-state index in [1.165, 1.54) is 6.08 Å². The Kier molecular flexibility index (Phi) is 5.11. The Balaban J connectivity index is 4.32. The Bertz CT molecular complexity index is 263. The highest BCUT2D eigenvalue weighted by Gasteiger charge is 2.05. The molecule has 0 fully saturated rings. The number of aliphatic carboxylic acids is 1. The van der Waals surface area contributed by atoms with Gasteiger partial charge in [-0.1, -0.05) is 6.08 Å². The van der Waals surface area contributed by atoms with Crippen LogP contribution in [0.4, 0.5) is 0 Å². The molecule has 0 saturated carbocycles. The summed E-state index contributed by atoms with van der Waals surface area (Å²) in [5.41, 5.74) is 0.237. The first-order chi connectivity index (χ1) is 6.10. The number of rotatable bonds is 6. The summed E-state index contributed by atoms with van der Waals surface area (Å²) in [6.07, 6.45) is 2.70. The summed E-state index contributed by atoms with van der Waals surface area (Å²) < 4.78 is 0. The van der Waals surface area contributed by atoms with Gasteiger partial charge in [-0.3, -0.25) is 14.4 Å². The van der Waals surface area contributed by atoms with E-state index < -0.39 is 18.2 Å². The molecule has 0 spiro atoms. The number of hydrogen-bond acceptors (Lipinski definition) is 3. The van der Waals surface area contributed by atoms with Crippen LogP contribution in [-0.2, 0) is 14.4 Å². The number of hydrogen-bond donors (Lipinski definition) is 1. The Hall–Kier alpha value is -1.71. The number of aldehydes is 1. The maximum atomic E-state index is 10.8. The molecule has 4 heteroatoms. The Labute approximate surface area is 75.6 Å². The molecule has 0 aromatic rings. The molecule has 0 rings (SSSR count). The van der Waals surface area contributed by atoms with Crippen LogP contribution in [0.1, 0.15) is 12.8 Å². The fraction of sp³-hybridized carbons (Fsp3) is 0.222. The van der Waals surface area contributed by atoms with Crippen LogP contribution in [0.5, 0.6) is 0 Å². The van der Waals surface area contributed by atoms with Gasteiger partial charge in [0.2, 0.25) is 0 Å². The maximum absolute atomic E-state index is 10.8. The van der Waals surface area contributed by atoms with E-state index in [-0.39, 0.29) is 12.0 Å². The van der Waals surface area contributed by atoms with Crippen molar-refractivity contribution in [1.82, 2.24) is 0 Å². The van der Waals surface area contributed by atoms with Crippen LogP contribution in [0.3, 0.4) is 0 Å². The molecule has 13 heavy (non-hydrogen) atoms. The van der Waals surface area contributed by atoms with Crippen molar-refractivity contribution in [2.75, 3.05) is 0 Å². The minimum absolute atomic E-state index is 0.237. The standard InChI is InChI=1S/C9H10O4/c1-2-3-7(6-10)4-8(11)5-9(12)13/h2,4,6H,1,3,5H2,(H,12,13)/b7-4+. The Morgan fingerprint density at radius 2 is 2.00 bits per heavy atom. The second-order valence-electron chi connectivity index (χ2n) is 2.37. The molecule has 0 unspecified atom stereocenters. The number of carbonyl (C=O) groups excluding carboxylic acids is 2. The van der Waals surface area contributed by atoms with Crippen LogP contribution in [0.25, 0.3) is 0 Å². The van der Waals surface area contributed by atoms with Crippen molar-refractivity contribution in [2.24, 2.45) is 0 Å². The van der Waals surface area contributed by atoms with Crippen molar-refractivity contribution in [3.8, 4) is 0 Å². The first-order valence-corrected chi connectivity index (χ1v) is 3.61. The van der Waals surface area contributed by atoms with Crippen LogP contribution in [-0.4, -0.2) is 23.1 Å². The van der Waals surface area contributed by atoms with E-state index in [9.17, 15) is 14.4 Å². The lowest BCUT2D eigenvalue weighted by molar-refractivity contribution is -0.139. The van der Waals surface area contributed by atoms with Crippen LogP contribution >= 0.6 is 0 Å². The van der Waals surface area contributed by atoms with Crippen LogP contribution in [0.15, 0.2) is 24.3 Å². The average Bonchev–Trinajstić information content (AvgIpc) is 2.02. The molecule has 0 heterocycles. The molecule has 4 nitrogen and oxygen atoms in total. The summed E-state index contributed by atoms with van der Waals surface area (Å²) in [4.78, 5) is 31.2. The third kappa shape index (κ3) is 5.55. The highest BCUT2D eigenvalue weighted by molar-refractivity contribution is 6.03. The van der Waals surface area contributed by atoms with Gasteiger partial charge < -0.3 is 5.11 Å². The molecule has 0 bridgehead atoms. The van der Waals surface area contributed by atoms with Gasteiger partial charge in [0.05, 0.1) is 0 Å². The van der Waals surface area contributed by atoms with Crippen LogP contribution < -0.4 is 0 Å². The van der Waals surface area contributed by atoms with Gasteiger partial charge in [0, 0.05) is 0 Å². The molecule has 0 aromatic heterocycles. The summed E-state index contributed by atoms with van der Waals surface area (Å²) in [5.74, 6) is -1.79. The number of carbonyl (C=O) groups is 3. The molecule has 0 amide bonds. The van der Waals surface area contributed by atoms with Gasteiger partial charge in [-0.2, -0.15) is 0 Å². The van der Waals surface area contributed by atoms with Crippen LogP contribution in [0.2, 0.25) is 0 Å². The second kappa shape index (κ2) is 5.88. The quantitative estimate of drug-likeness (QED) is 0.284. The zero-order valence-electron chi connectivity index (χ0n) is 7.03. The minimum atomic E-state index is -1.20. The van der Waals surface area contributed by atoms with Crippen LogP contribution in [0, 0.1) is 0 Å². The molecule has 0 aliphatic rings. The summed E-state index contributed by atoms with van der Waals surface area (Å²) in [5, 5.41) is 8.24. The highest BCUT2D eigenvalue weighted by atomic mass is 16.4. The van der Waals surface area contributed by atoms with Gasteiger partial charge in [0.1, 0.15) is 12.7 Å². The molecular formula is C9H10O4. The first-order valence-electron chi connectivity index (χ1n) is 3.61. The van der Waals surface area contributed by atoms with Gasteiger partial charge in [0.15, 0.2) is 5.78 Å². The molecule has 0 aliphatic heterocycles. The molecule has 0 aliphatic carbocycles. The van der Waals surface area contributed by atoms with Crippen molar-refractivity contribution >= 4 is 18.0 Å². The minimum Gasteiger partial charge on any atom is -0.481 e. The molecule has 0 atom stereocenters. The van der Waals surface area contributed by atoms with Crippen molar-refractivity contribution < 1.29 is 19.5 Å². The zero-order valence-corrected chi connectivity index (χ0v) is 7.03. The third-order valence-electron chi connectivity index (χ3n) is 1.20. The van der Waals surface area contributed by atoms with Crippen molar-refractivity contribution in [1.29, 1.82) is 0 Å². The van der Waals surface area contributed by atoms with E-state index in [4.69, 9.17) is 5.11 Å². The number of carboxylic acid groups (broad SMARTS) is 1. The van der Waals surface area contributed by atoms with E-state index in [2.05, 4.69) is 6.58 Å². The molecular weight excluding hydrogens is 172 g/mol. The molecule has 0 aromatic carbocycles. The van der Waals surface area contributed by atoms with Crippen molar-refractivity contribution in [2.45, 2.75) is 12.8 Å². The first kappa shape index (κ1) is 11.3. The molecule has 0 saturated heterocycles. The lowest BCUT2D eigenvalue weighted by Gasteiger charge is -1.92. The largest absolute Gasteiger partial charge is 0.481 e. The summed E-state index contributed by atoms with van der Waals surface area (Å²) in [7, 11) is 0. The molecule has 1 N–H and O–H groups in total. The van der Waals surface area contributed by atoms with E-state index in [0.29, 0.717) is 6.29 Å². The predicted octanol–water partition coefficient (Wildman–Crippen LogP) is 0.732. The number of ketones is 1. The topological polar surface area (TPSA) is 71.4 Å². The highest BCUT2D eigenvalue weighted by Crippen LogP contribution is 1.99. The van der Waals surface area contributed by atoms with E-state index in [1.54, 1.807) is 0 Å². The summed E-state index contributed by atoms with van der Waals surface area (Å²) in [6.45, 7) is 3.39. The Morgan fingerprint density at radius 3 is 2.38 bits per heavy atom. The van der Waals surface area contributed by atoms with Gasteiger partial charge in [0.25, 0.3) is 0 Å². The smallest absolute Gasteiger partial charge is 0.311 e. The monoisotopic (exact) mass is 182 g/mol. The number of carboxylic acids is 1. The second-order valence-corrected chi connectivity index (χ2v) is 2.37. The number of allylic oxidation sites excluding steroid dienone is 3. The lowest BCUT2D eigenvalue weighted by Crippen LogP contribution is -2.04. The SMILES string of the molecule is C=CC/C(C=O)=C\C(=O)CC(=O)O. The predicted molar refractivity (Wildman–Crippen MR) is 46.2 cm³/mol. The fourth-order valence-corrected chi connectivity index (χ4v) is 0.715. The molecule has 0 radical (unpaired) electrons. The van der Waals surface area contributed by atoms with E-state index in [1.807, 2.05) is 0 Å². The van der Waals surface area contributed by atoms with Gasteiger partial charge >= 0.3 is 5.97 Å². The zero-order chi connectivity index (χ0) is 10.3. The van der Waals surface area contributed by atoms with Crippen molar-refractivity contribution in [3.63, 3.8) is 0 Å². The lowest BCUT2D eigenvalue weighted by atomic mass is 10.1. The summed E-state index contributed by atoms with van der Waals surface area (Å²) in [6, 6.07) is 0. The third-order valence-corrected chi connectivity index (χ3v) is 1.20. The van der Waals surface area contributed by atoms with Gasteiger partial charge in [-0.05, 0) is 18.1 Å². The maximum Gasteiger partial charge on any atom is 0.311 e. The van der Waals surface area contributed by atoms with Gasteiger partial charge in [-0.15, -0.1) is 6.58 Å².